The van der Waals surface area contributed by atoms with E-state index in [1.165, 1.54) is 38.5 Å². The van der Waals surface area contributed by atoms with E-state index in [1.54, 1.807) is 17.8 Å². The van der Waals surface area contributed by atoms with Crippen molar-refractivity contribution in [2.75, 3.05) is 25.2 Å². The molecule has 6 nitrogen and oxygen atoms in total. The molecule has 0 bridgehead atoms. The SMILES string of the molecule is CSCC[C@H](NC(=O)c1ccc(COC(C)COCCCC2CCCCC2)cc1-c1ccccc1C)C(=O)O. The van der Waals surface area contributed by atoms with Crippen LogP contribution < -0.4 is 5.32 Å². The fraction of sp³-hybridized carbons (Fsp3) is 0.562. The van der Waals surface area contributed by atoms with Crippen molar-refractivity contribution < 1.29 is 24.2 Å². The number of aryl methyl sites for hydroxylation is 1. The van der Waals surface area contributed by atoms with Crippen molar-refractivity contribution in [2.24, 2.45) is 5.92 Å². The smallest absolute Gasteiger partial charge is 0.326 e. The second kappa shape index (κ2) is 16.7. The average Bonchev–Trinajstić information content (AvgIpc) is 2.94. The van der Waals surface area contributed by atoms with Gasteiger partial charge >= 0.3 is 5.97 Å². The zero-order valence-electron chi connectivity index (χ0n) is 23.7. The quantitative estimate of drug-likeness (QED) is 0.220. The number of rotatable bonds is 16. The Morgan fingerprint density at radius 2 is 1.87 bits per heavy atom. The number of amides is 1. The van der Waals surface area contributed by atoms with Gasteiger partial charge in [-0.25, -0.2) is 4.79 Å². The third kappa shape index (κ3) is 10.3. The molecule has 0 spiro atoms. The normalized spacial score (nSPS) is 15.6. The first-order valence-electron chi connectivity index (χ1n) is 14.3. The van der Waals surface area contributed by atoms with E-state index in [4.69, 9.17) is 9.47 Å². The Morgan fingerprint density at radius 1 is 1.10 bits per heavy atom. The molecule has 2 aromatic rings. The summed E-state index contributed by atoms with van der Waals surface area (Å²) in [7, 11) is 0. The molecule has 0 radical (unpaired) electrons. The third-order valence-electron chi connectivity index (χ3n) is 7.49. The first-order chi connectivity index (χ1) is 18.9. The van der Waals surface area contributed by atoms with Crippen molar-refractivity contribution in [3.05, 3.63) is 59.2 Å². The summed E-state index contributed by atoms with van der Waals surface area (Å²) in [6.45, 7) is 5.76. The molecular weight excluding hydrogens is 510 g/mol. The van der Waals surface area contributed by atoms with E-state index in [-0.39, 0.29) is 12.0 Å². The molecule has 2 atom stereocenters. The van der Waals surface area contributed by atoms with Gasteiger partial charge in [0.25, 0.3) is 5.91 Å². The highest BCUT2D eigenvalue weighted by Crippen LogP contribution is 2.29. The van der Waals surface area contributed by atoms with Crippen molar-refractivity contribution in [1.29, 1.82) is 0 Å². The monoisotopic (exact) mass is 555 g/mol. The topological polar surface area (TPSA) is 84.9 Å². The molecule has 2 N–H and O–H groups in total. The number of aliphatic carboxylic acids is 1. The lowest BCUT2D eigenvalue weighted by atomic mass is 9.86. The van der Waals surface area contributed by atoms with Gasteiger partial charge in [0.15, 0.2) is 0 Å². The molecule has 2 aromatic carbocycles. The van der Waals surface area contributed by atoms with Crippen molar-refractivity contribution in [2.45, 2.75) is 84.0 Å². The molecule has 1 fully saturated rings. The van der Waals surface area contributed by atoms with Gasteiger partial charge in [-0.15, -0.1) is 0 Å². The van der Waals surface area contributed by atoms with Crippen molar-refractivity contribution in [3.63, 3.8) is 0 Å². The number of benzene rings is 2. The summed E-state index contributed by atoms with van der Waals surface area (Å²) >= 11 is 1.56. The summed E-state index contributed by atoms with van der Waals surface area (Å²) in [6.07, 6.45) is 11.5. The number of carboxylic acid groups (broad SMARTS) is 1. The minimum Gasteiger partial charge on any atom is -0.480 e. The molecule has 1 unspecified atom stereocenters. The Morgan fingerprint density at radius 3 is 2.59 bits per heavy atom. The lowest BCUT2D eigenvalue weighted by Crippen LogP contribution is -2.41. The number of carbonyl (C=O) groups excluding carboxylic acids is 1. The largest absolute Gasteiger partial charge is 0.480 e. The van der Waals surface area contributed by atoms with E-state index in [2.05, 4.69) is 5.32 Å². The molecule has 214 valence electrons. The average molecular weight is 556 g/mol. The van der Waals surface area contributed by atoms with Crippen LogP contribution in [0, 0.1) is 12.8 Å². The molecule has 0 heterocycles. The van der Waals surface area contributed by atoms with E-state index in [0.29, 0.717) is 31.0 Å². The molecule has 3 rings (SSSR count). The van der Waals surface area contributed by atoms with Crippen LogP contribution in [0.5, 0.6) is 0 Å². The molecule has 0 aliphatic heterocycles. The van der Waals surface area contributed by atoms with Crippen LogP contribution in [0.15, 0.2) is 42.5 Å². The van der Waals surface area contributed by atoms with Gasteiger partial charge in [0.05, 0.1) is 19.3 Å². The second-order valence-electron chi connectivity index (χ2n) is 10.7. The molecule has 0 aromatic heterocycles. The summed E-state index contributed by atoms with van der Waals surface area (Å²) in [5.74, 6) is 0.129. The van der Waals surface area contributed by atoms with Crippen LogP contribution in [0.25, 0.3) is 11.1 Å². The maximum Gasteiger partial charge on any atom is 0.326 e. The number of carboxylic acids is 1. The lowest BCUT2D eigenvalue weighted by molar-refractivity contribution is -0.139. The second-order valence-corrected chi connectivity index (χ2v) is 11.7. The van der Waals surface area contributed by atoms with Gasteiger partial charge in [0, 0.05) is 12.2 Å². The van der Waals surface area contributed by atoms with Crippen LogP contribution >= 0.6 is 11.8 Å². The Balaban J connectivity index is 1.60. The fourth-order valence-corrected chi connectivity index (χ4v) is 5.66. The lowest BCUT2D eigenvalue weighted by Gasteiger charge is -2.21. The Labute approximate surface area is 238 Å². The maximum atomic E-state index is 13.2. The number of hydrogen-bond donors (Lipinski definition) is 2. The van der Waals surface area contributed by atoms with E-state index in [1.807, 2.05) is 56.5 Å². The van der Waals surface area contributed by atoms with Crippen LogP contribution in [0.1, 0.15) is 79.8 Å². The van der Waals surface area contributed by atoms with Crippen LogP contribution in [0.4, 0.5) is 0 Å². The minimum atomic E-state index is -1.02. The standard InChI is InChI=1S/C32H45NO5S/c1-23-10-7-8-14-27(23)29-20-26(15-16-28(29)31(34)33-30(32(35)36)17-19-39-3)22-38-24(2)21-37-18-9-13-25-11-5-4-6-12-25/h7-8,10,14-16,20,24-25,30H,4-6,9,11-13,17-19,21-22H2,1-3H3,(H,33,34)(H,35,36)/t24?,30-/m0/s1. The molecule has 1 aliphatic carbocycles. The van der Waals surface area contributed by atoms with Gasteiger partial charge in [-0.05, 0) is 85.4 Å². The number of nitrogens with one attached hydrogen (secondary N) is 1. The Bertz CT molecular complexity index is 1050. The Hall–Kier alpha value is -2.35. The van der Waals surface area contributed by atoms with E-state index < -0.39 is 12.0 Å². The van der Waals surface area contributed by atoms with Gasteiger partial charge in [-0.3, -0.25) is 4.79 Å². The summed E-state index contributed by atoms with van der Waals surface area (Å²) in [4.78, 5) is 25.0. The van der Waals surface area contributed by atoms with Crippen LogP contribution in [0.3, 0.4) is 0 Å². The number of hydrogen-bond acceptors (Lipinski definition) is 5. The van der Waals surface area contributed by atoms with Crippen molar-refractivity contribution >= 4 is 23.6 Å². The number of carbonyl (C=O) groups is 2. The Kier molecular flexibility index (Phi) is 13.3. The number of thioether (sulfide) groups is 1. The van der Waals surface area contributed by atoms with Crippen LogP contribution in [-0.4, -0.2) is 54.4 Å². The highest BCUT2D eigenvalue weighted by molar-refractivity contribution is 7.98. The van der Waals surface area contributed by atoms with Gasteiger partial charge < -0.3 is 19.9 Å². The highest BCUT2D eigenvalue weighted by Gasteiger charge is 2.23. The van der Waals surface area contributed by atoms with E-state index in [0.717, 1.165) is 41.2 Å². The first-order valence-corrected chi connectivity index (χ1v) is 15.7. The summed E-state index contributed by atoms with van der Waals surface area (Å²) in [6, 6.07) is 12.6. The van der Waals surface area contributed by atoms with Crippen LogP contribution in [0.2, 0.25) is 0 Å². The highest BCUT2D eigenvalue weighted by atomic mass is 32.2. The molecule has 39 heavy (non-hydrogen) atoms. The fourth-order valence-electron chi connectivity index (χ4n) is 5.19. The maximum absolute atomic E-state index is 13.2. The molecule has 1 amide bonds. The molecule has 1 aliphatic rings. The summed E-state index contributed by atoms with van der Waals surface area (Å²) in [5.41, 5.74) is 4.16. The molecule has 0 saturated heterocycles. The zero-order chi connectivity index (χ0) is 28.0. The van der Waals surface area contributed by atoms with Crippen molar-refractivity contribution in [1.82, 2.24) is 5.32 Å². The zero-order valence-corrected chi connectivity index (χ0v) is 24.6. The minimum absolute atomic E-state index is 0.0441. The van der Waals surface area contributed by atoms with E-state index in [9.17, 15) is 14.7 Å². The van der Waals surface area contributed by atoms with Gasteiger partial charge in [-0.1, -0.05) is 62.4 Å². The predicted octanol–water partition coefficient (Wildman–Crippen LogP) is 6.88. The first kappa shape index (κ1) is 31.2. The molecule has 1 saturated carbocycles. The van der Waals surface area contributed by atoms with Gasteiger partial charge in [0.1, 0.15) is 6.04 Å². The predicted molar refractivity (Wildman–Crippen MR) is 159 cm³/mol. The van der Waals surface area contributed by atoms with Gasteiger partial charge in [0.2, 0.25) is 0 Å². The van der Waals surface area contributed by atoms with Crippen molar-refractivity contribution in [3.8, 4) is 11.1 Å². The van der Waals surface area contributed by atoms with Gasteiger partial charge in [-0.2, -0.15) is 11.8 Å². The van der Waals surface area contributed by atoms with E-state index >= 15 is 0 Å². The molecule has 7 heteroatoms. The van der Waals surface area contributed by atoms with Crippen LogP contribution in [-0.2, 0) is 20.9 Å². The summed E-state index contributed by atoms with van der Waals surface area (Å²) in [5, 5.41) is 12.3. The third-order valence-corrected chi connectivity index (χ3v) is 8.13. The molecular formula is C32H45NO5S. The number of ether oxygens (including phenoxy) is 2. The summed E-state index contributed by atoms with van der Waals surface area (Å²) < 4.78 is 12.0.